The zero-order valence-electron chi connectivity index (χ0n) is 9.40. The molecule has 5 heteroatoms. The van der Waals surface area contributed by atoms with E-state index < -0.39 is 6.10 Å². The van der Waals surface area contributed by atoms with Crippen LogP contribution in [-0.4, -0.2) is 62.3 Å². The van der Waals surface area contributed by atoms with Gasteiger partial charge in [-0.15, -0.1) is 0 Å². The standard InChI is InChI=1S/C10H19NO3S/c1-13-10(12)9-8-11(5-6-14-9)4-3-7-15-2/h9H,3-8H2,1-2H3. The summed E-state index contributed by atoms with van der Waals surface area (Å²) in [6.45, 7) is 3.25. The Hall–Kier alpha value is -0.260. The first kappa shape index (κ1) is 12.8. The SMILES string of the molecule is COC(=O)C1CN(CCCSC)CCO1. The minimum atomic E-state index is -0.391. The van der Waals surface area contributed by atoms with E-state index in [1.54, 1.807) is 0 Å². The van der Waals surface area contributed by atoms with Crippen LogP contribution >= 0.6 is 11.8 Å². The molecule has 0 amide bonds. The molecule has 1 rings (SSSR count). The van der Waals surface area contributed by atoms with Gasteiger partial charge in [-0.1, -0.05) is 0 Å². The zero-order valence-corrected chi connectivity index (χ0v) is 10.2. The summed E-state index contributed by atoms with van der Waals surface area (Å²) < 4.78 is 10.0. The van der Waals surface area contributed by atoms with Gasteiger partial charge in [0.2, 0.25) is 0 Å². The number of ether oxygens (including phenoxy) is 2. The number of carbonyl (C=O) groups is 1. The molecule has 88 valence electrons. The summed E-state index contributed by atoms with van der Waals surface area (Å²) >= 11 is 1.85. The summed E-state index contributed by atoms with van der Waals surface area (Å²) in [6, 6.07) is 0. The molecular formula is C10H19NO3S. The maximum absolute atomic E-state index is 11.3. The van der Waals surface area contributed by atoms with E-state index in [2.05, 4.69) is 15.9 Å². The summed E-state index contributed by atoms with van der Waals surface area (Å²) in [5.41, 5.74) is 0. The topological polar surface area (TPSA) is 38.8 Å². The normalized spacial score (nSPS) is 22.7. The van der Waals surface area contributed by atoms with E-state index in [0.29, 0.717) is 13.2 Å². The van der Waals surface area contributed by atoms with Crippen LogP contribution in [0.15, 0.2) is 0 Å². The summed E-state index contributed by atoms with van der Waals surface area (Å²) in [4.78, 5) is 13.5. The molecule has 0 radical (unpaired) electrons. The van der Waals surface area contributed by atoms with Crippen LogP contribution in [0.1, 0.15) is 6.42 Å². The number of hydrogen-bond donors (Lipinski definition) is 0. The summed E-state index contributed by atoms with van der Waals surface area (Å²) in [5.74, 6) is 0.907. The zero-order chi connectivity index (χ0) is 11.1. The quantitative estimate of drug-likeness (QED) is 0.514. The Morgan fingerprint density at radius 2 is 2.47 bits per heavy atom. The van der Waals surface area contributed by atoms with Crippen molar-refractivity contribution >= 4 is 17.7 Å². The number of rotatable bonds is 5. The fourth-order valence-corrected chi connectivity index (χ4v) is 2.03. The Morgan fingerprint density at radius 1 is 1.67 bits per heavy atom. The van der Waals surface area contributed by atoms with Crippen LogP contribution in [-0.2, 0) is 14.3 Å². The molecule has 0 aromatic rings. The molecule has 4 nitrogen and oxygen atoms in total. The first-order valence-electron chi connectivity index (χ1n) is 5.18. The van der Waals surface area contributed by atoms with Crippen molar-refractivity contribution in [2.75, 3.05) is 45.4 Å². The number of esters is 1. The largest absolute Gasteiger partial charge is 0.467 e. The van der Waals surface area contributed by atoms with Crippen LogP contribution in [0.25, 0.3) is 0 Å². The second-order valence-electron chi connectivity index (χ2n) is 3.53. The van der Waals surface area contributed by atoms with Gasteiger partial charge in [-0.25, -0.2) is 4.79 Å². The second kappa shape index (κ2) is 7.09. The van der Waals surface area contributed by atoms with E-state index in [1.165, 1.54) is 12.9 Å². The second-order valence-corrected chi connectivity index (χ2v) is 4.52. The molecule has 15 heavy (non-hydrogen) atoms. The third-order valence-corrected chi connectivity index (χ3v) is 3.13. The molecular weight excluding hydrogens is 214 g/mol. The first-order valence-corrected chi connectivity index (χ1v) is 6.58. The highest BCUT2D eigenvalue weighted by Crippen LogP contribution is 2.08. The maximum Gasteiger partial charge on any atom is 0.336 e. The maximum atomic E-state index is 11.3. The fourth-order valence-electron chi connectivity index (χ4n) is 1.61. The number of nitrogens with zero attached hydrogens (tertiary/aromatic N) is 1. The van der Waals surface area contributed by atoms with Crippen LogP contribution in [0.5, 0.6) is 0 Å². The van der Waals surface area contributed by atoms with Crippen molar-refractivity contribution in [2.24, 2.45) is 0 Å². The monoisotopic (exact) mass is 233 g/mol. The molecule has 0 aromatic heterocycles. The Morgan fingerprint density at radius 3 is 3.13 bits per heavy atom. The number of morpholine rings is 1. The third-order valence-electron chi connectivity index (χ3n) is 2.44. The van der Waals surface area contributed by atoms with Gasteiger partial charge in [-0.2, -0.15) is 11.8 Å². The van der Waals surface area contributed by atoms with Crippen molar-refractivity contribution in [3.63, 3.8) is 0 Å². The van der Waals surface area contributed by atoms with Gasteiger partial charge in [0.25, 0.3) is 0 Å². The molecule has 0 bridgehead atoms. The molecule has 1 unspecified atom stereocenters. The molecule has 1 fully saturated rings. The lowest BCUT2D eigenvalue weighted by Gasteiger charge is -2.31. The number of thioether (sulfide) groups is 1. The Balaban J connectivity index is 2.26. The van der Waals surface area contributed by atoms with Crippen molar-refractivity contribution < 1.29 is 14.3 Å². The van der Waals surface area contributed by atoms with E-state index in [9.17, 15) is 4.79 Å². The Kier molecular flexibility index (Phi) is 6.05. The van der Waals surface area contributed by atoms with Crippen molar-refractivity contribution in [3.8, 4) is 0 Å². The highest BCUT2D eigenvalue weighted by molar-refractivity contribution is 7.98. The Labute approximate surface area is 95.3 Å². The van der Waals surface area contributed by atoms with Crippen molar-refractivity contribution in [2.45, 2.75) is 12.5 Å². The molecule has 0 aromatic carbocycles. The number of hydrogen-bond acceptors (Lipinski definition) is 5. The van der Waals surface area contributed by atoms with Crippen LogP contribution < -0.4 is 0 Å². The lowest BCUT2D eigenvalue weighted by molar-refractivity contribution is -0.159. The predicted octanol–water partition coefficient (Wildman–Crippen LogP) is 0.613. The van der Waals surface area contributed by atoms with Crippen molar-refractivity contribution in [1.82, 2.24) is 4.90 Å². The van der Waals surface area contributed by atoms with Gasteiger partial charge in [0.15, 0.2) is 6.10 Å². The van der Waals surface area contributed by atoms with Crippen LogP contribution in [0.2, 0.25) is 0 Å². The van der Waals surface area contributed by atoms with E-state index >= 15 is 0 Å². The summed E-state index contributed by atoms with van der Waals surface area (Å²) in [5, 5.41) is 0. The van der Waals surface area contributed by atoms with Crippen LogP contribution in [0.3, 0.4) is 0 Å². The van der Waals surface area contributed by atoms with Gasteiger partial charge in [0.05, 0.1) is 13.7 Å². The van der Waals surface area contributed by atoms with Gasteiger partial charge in [-0.3, -0.25) is 4.90 Å². The van der Waals surface area contributed by atoms with Crippen LogP contribution in [0.4, 0.5) is 0 Å². The Bertz CT molecular complexity index is 201. The number of methoxy groups -OCH3 is 1. The minimum absolute atomic E-state index is 0.260. The molecule has 1 aliphatic heterocycles. The lowest BCUT2D eigenvalue weighted by Crippen LogP contribution is -2.46. The average molecular weight is 233 g/mol. The van der Waals surface area contributed by atoms with E-state index in [0.717, 1.165) is 19.5 Å². The third kappa shape index (κ3) is 4.40. The van der Waals surface area contributed by atoms with E-state index in [-0.39, 0.29) is 5.97 Å². The lowest BCUT2D eigenvalue weighted by atomic mass is 10.2. The van der Waals surface area contributed by atoms with Crippen molar-refractivity contribution in [1.29, 1.82) is 0 Å². The van der Waals surface area contributed by atoms with Gasteiger partial charge in [-0.05, 0) is 25.0 Å². The molecule has 1 saturated heterocycles. The highest BCUT2D eigenvalue weighted by Gasteiger charge is 2.26. The van der Waals surface area contributed by atoms with E-state index in [4.69, 9.17) is 4.74 Å². The average Bonchev–Trinajstić information content (AvgIpc) is 2.29. The molecule has 1 atom stereocenters. The number of carbonyl (C=O) groups excluding carboxylic acids is 1. The minimum Gasteiger partial charge on any atom is -0.467 e. The van der Waals surface area contributed by atoms with Gasteiger partial charge in [0, 0.05) is 13.1 Å². The molecule has 0 N–H and O–H groups in total. The van der Waals surface area contributed by atoms with Gasteiger partial charge >= 0.3 is 5.97 Å². The van der Waals surface area contributed by atoms with E-state index in [1.807, 2.05) is 11.8 Å². The molecule has 0 saturated carbocycles. The highest BCUT2D eigenvalue weighted by atomic mass is 32.2. The van der Waals surface area contributed by atoms with Gasteiger partial charge in [0.1, 0.15) is 0 Å². The first-order chi connectivity index (χ1) is 7.27. The summed E-state index contributed by atoms with van der Waals surface area (Å²) in [6.07, 6.45) is 2.88. The summed E-state index contributed by atoms with van der Waals surface area (Å²) in [7, 11) is 1.40. The van der Waals surface area contributed by atoms with Crippen LogP contribution in [0, 0.1) is 0 Å². The van der Waals surface area contributed by atoms with Crippen molar-refractivity contribution in [3.05, 3.63) is 0 Å². The molecule has 1 aliphatic rings. The van der Waals surface area contributed by atoms with Gasteiger partial charge < -0.3 is 9.47 Å². The molecule has 0 spiro atoms. The molecule has 1 heterocycles. The molecule has 0 aliphatic carbocycles. The fraction of sp³-hybridized carbons (Fsp3) is 0.900. The smallest absolute Gasteiger partial charge is 0.336 e. The predicted molar refractivity (Wildman–Crippen MR) is 61.2 cm³/mol.